The van der Waals surface area contributed by atoms with Crippen LogP contribution in [-0.4, -0.2) is 58.9 Å². The molecule has 0 aromatic heterocycles. The second kappa shape index (κ2) is 8.46. The number of hydrogen-bond acceptors (Lipinski definition) is 4. The van der Waals surface area contributed by atoms with Gasteiger partial charge in [0.25, 0.3) is 0 Å². The summed E-state index contributed by atoms with van der Waals surface area (Å²) in [6, 6.07) is 3.50. The van der Waals surface area contributed by atoms with Crippen molar-refractivity contribution in [1.29, 1.82) is 0 Å². The predicted octanol–water partition coefficient (Wildman–Crippen LogP) is 3.92. The van der Waals surface area contributed by atoms with E-state index < -0.39 is 23.2 Å². The second-order valence-corrected chi connectivity index (χ2v) is 9.18. The molecule has 1 saturated carbocycles. The summed E-state index contributed by atoms with van der Waals surface area (Å²) in [4.78, 5) is 27.8. The minimum absolute atomic E-state index is 0.0151. The van der Waals surface area contributed by atoms with Crippen molar-refractivity contribution in [3.63, 3.8) is 0 Å². The van der Waals surface area contributed by atoms with Crippen LogP contribution in [0.1, 0.15) is 50.5 Å². The predicted molar refractivity (Wildman–Crippen MR) is 112 cm³/mol. The molecule has 2 heterocycles. The van der Waals surface area contributed by atoms with Gasteiger partial charge in [0.05, 0.1) is 17.1 Å². The lowest BCUT2D eigenvalue weighted by molar-refractivity contribution is -0.139. The van der Waals surface area contributed by atoms with Crippen molar-refractivity contribution in [3.8, 4) is 0 Å². The summed E-state index contributed by atoms with van der Waals surface area (Å²) in [5.74, 6) is 0.0151. The summed E-state index contributed by atoms with van der Waals surface area (Å²) in [6.45, 7) is 1.22. The Morgan fingerprint density at radius 2 is 1.84 bits per heavy atom. The normalized spacial score (nSPS) is 28.9. The first-order valence-corrected chi connectivity index (χ1v) is 11.0. The molecule has 3 fully saturated rings. The molecule has 2 aliphatic heterocycles. The molecule has 3 N–H and O–H groups in total. The van der Waals surface area contributed by atoms with Crippen LogP contribution in [0.2, 0.25) is 0 Å². The van der Waals surface area contributed by atoms with E-state index >= 15 is 0 Å². The molecular formula is C22H28F3N3O4. The van der Waals surface area contributed by atoms with E-state index in [1.165, 1.54) is 12.1 Å². The molecule has 176 valence electrons. The molecule has 2 amide bonds. The zero-order valence-electron chi connectivity index (χ0n) is 17.7. The van der Waals surface area contributed by atoms with E-state index in [1.54, 1.807) is 4.90 Å². The zero-order chi connectivity index (χ0) is 23.1. The van der Waals surface area contributed by atoms with E-state index in [0.29, 0.717) is 45.2 Å². The summed E-state index contributed by atoms with van der Waals surface area (Å²) >= 11 is 0. The standard InChI is InChI=1S/C22H28F3N3O4/c23-22(24,25)17-12-14(26-20(31)32)2-7-18(17)27-10-1-8-21(13-27)9-11-28(19(21)30)15-3-5-16(29)6-4-15/h2,7,12,15-16,26,29H,1,3-6,8-11,13H2,(H,31,32)/t15?,16?,21-/m0/s1. The van der Waals surface area contributed by atoms with Crippen LogP contribution in [0, 0.1) is 5.41 Å². The average molecular weight is 455 g/mol. The monoisotopic (exact) mass is 455 g/mol. The first-order chi connectivity index (χ1) is 15.1. The molecule has 1 aromatic rings. The number of nitrogens with one attached hydrogen (secondary N) is 1. The number of amides is 2. The topological polar surface area (TPSA) is 93.1 Å². The summed E-state index contributed by atoms with van der Waals surface area (Å²) in [5, 5.41) is 20.6. The maximum Gasteiger partial charge on any atom is 0.418 e. The number of piperidine rings is 1. The van der Waals surface area contributed by atoms with E-state index in [4.69, 9.17) is 5.11 Å². The number of nitrogens with zero attached hydrogens (tertiary/aromatic N) is 2. The van der Waals surface area contributed by atoms with Crippen molar-refractivity contribution in [2.75, 3.05) is 29.9 Å². The Hall–Kier alpha value is -2.49. The van der Waals surface area contributed by atoms with Crippen LogP contribution in [0.5, 0.6) is 0 Å². The largest absolute Gasteiger partial charge is 0.465 e. The molecule has 1 aromatic carbocycles. The van der Waals surface area contributed by atoms with Gasteiger partial charge in [-0.2, -0.15) is 13.2 Å². The highest BCUT2D eigenvalue weighted by atomic mass is 19.4. The van der Waals surface area contributed by atoms with Crippen LogP contribution in [0.25, 0.3) is 0 Å². The van der Waals surface area contributed by atoms with Crippen molar-refractivity contribution in [2.24, 2.45) is 5.41 Å². The van der Waals surface area contributed by atoms with Gasteiger partial charge in [0.2, 0.25) is 5.91 Å². The van der Waals surface area contributed by atoms with Gasteiger partial charge >= 0.3 is 12.3 Å². The van der Waals surface area contributed by atoms with Gasteiger partial charge in [0, 0.05) is 37.1 Å². The number of likely N-dealkylation sites (tertiary alicyclic amines) is 1. The number of carboxylic acid groups (broad SMARTS) is 1. The summed E-state index contributed by atoms with van der Waals surface area (Å²) in [5.41, 5.74) is -1.79. The van der Waals surface area contributed by atoms with E-state index in [0.717, 1.165) is 18.9 Å². The Morgan fingerprint density at radius 1 is 1.12 bits per heavy atom. The summed E-state index contributed by atoms with van der Waals surface area (Å²) < 4.78 is 41.4. The van der Waals surface area contributed by atoms with Gasteiger partial charge in [-0.05, 0) is 63.1 Å². The Morgan fingerprint density at radius 3 is 2.50 bits per heavy atom. The van der Waals surface area contributed by atoms with Crippen molar-refractivity contribution < 1.29 is 33.0 Å². The SMILES string of the molecule is O=C(O)Nc1ccc(N2CCC[C@]3(CCN(C4CCC(O)CC4)C3=O)C2)c(C(F)(F)F)c1. The van der Waals surface area contributed by atoms with Gasteiger partial charge in [-0.25, -0.2) is 4.79 Å². The molecule has 7 nitrogen and oxygen atoms in total. The molecule has 1 aliphatic carbocycles. The molecular weight excluding hydrogens is 427 g/mol. The molecule has 0 bridgehead atoms. The number of benzene rings is 1. The van der Waals surface area contributed by atoms with Crippen LogP contribution in [0.15, 0.2) is 18.2 Å². The van der Waals surface area contributed by atoms with E-state index in [9.17, 15) is 27.9 Å². The van der Waals surface area contributed by atoms with Crippen LogP contribution in [-0.2, 0) is 11.0 Å². The lowest BCUT2D eigenvalue weighted by atomic mass is 9.78. The van der Waals surface area contributed by atoms with Gasteiger partial charge in [-0.3, -0.25) is 10.1 Å². The van der Waals surface area contributed by atoms with Crippen LogP contribution in [0.4, 0.5) is 29.3 Å². The highest BCUT2D eigenvalue weighted by Crippen LogP contribution is 2.46. The van der Waals surface area contributed by atoms with Gasteiger partial charge in [0.1, 0.15) is 0 Å². The van der Waals surface area contributed by atoms with E-state index in [2.05, 4.69) is 0 Å². The lowest BCUT2D eigenvalue weighted by Crippen LogP contribution is -2.50. The number of alkyl halides is 3. The number of anilines is 2. The third kappa shape index (κ3) is 4.37. The molecule has 32 heavy (non-hydrogen) atoms. The highest BCUT2D eigenvalue weighted by molar-refractivity contribution is 5.87. The Bertz CT molecular complexity index is 886. The zero-order valence-corrected chi connectivity index (χ0v) is 17.7. The van der Waals surface area contributed by atoms with Crippen molar-refractivity contribution in [1.82, 2.24) is 4.90 Å². The van der Waals surface area contributed by atoms with Crippen LogP contribution >= 0.6 is 0 Å². The van der Waals surface area contributed by atoms with Crippen LogP contribution < -0.4 is 10.2 Å². The third-order valence-electron chi connectivity index (χ3n) is 7.12. The average Bonchev–Trinajstić information content (AvgIpc) is 3.03. The fourth-order valence-corrected chi connectivity index (χ4v) is 5.52. The number of aliphatic hydroxyl groups excluding tert-OH is 1. The number of hydrogen-bond donors (Lipinski definition) is 3. The second-order valence-electron chi connectivity index (χ2n) is 9.18. The molecule has 1 atom stereocenters. The van der Waals surface area contributed by atoms with E-state index in [-0.39, 0.29) is 36.0 Å². The van der Waals surface area contributed by atoms with E-state index in [1.807, 2.05) is 10.2 Å². The van der Waals surface area contributed by atoms with Crippen LogP contribution in [0.3, 0.4) is 0 Å². The molecule has 4 rings (SSSR count). The van der Waals surface area contributed by atoms with Crippen molar-refractivity contribution >= 4 is 23.4 Å². The number of aliphatic hydroxyl groups is 1. The molecule has 10 heteroatoms. The highest BCUT2D eigenvalue weighted by Gasteiger charge is 2.51. The first kappa shape index (κ1) is 22.7. The Labute approximate surface area is 184 Å². The number of rotatable bonds is 3. The van der Waals surface area contributed by atoms with Crippen molar-refractivity contribution in [2.45, 2.75) is 63.3 Å². The smallest absolute Gasteiger partial charge is 0.418 e. The third-order valence-corrected chi connectivity index (χ3v) is 7.12. The van der Waals surface area contributed by atoms with Crippen molar-refractivity contribution in [3.05, 3.63) is 23.8 Å². The maximum atomic E-state index is 13.8. The fourth-order valence-electron chi connectivity index (χ4n) is 5.52. The summed E-state index contributed by atoms with van der Waals surface area (Å²) in [7, 11) is 0. The Kier molecular flexibility index (Phi) is 6.00. The van der Waals surface area contributed by atoms with Gasteiger partial charge in [-0.1, -0.05) is 0 Å². The molecule has 3 aliphatic rings. The quantitative estimate of drug-likeness (QED) is 0.643. The fraction of sp³-hybridized carbons (Fsp3) is 0.636. The molecule has 1 spiro atoms. The van der Waals surface area contributed by atoms with Gasteiger partial charge in [-0.15, -0.1) is 0 Å². The minimum atomic E-state index is -4.66. The number of carbonyl (C=O) groups excluding carboxylic acids is 1. The molecule has 0 radical (unpaired) electrons. The Balaban J connectivity index is 1.56. The lowest BCUT2D eigenvalue weighted by Gasteiger charge is -2.42. The first-order valence-electron chi connectivity index (χ1n) is 11.0. The molecule has 0 unspecified atom stereocenters. The van der Waals surface area contributed by atoms with Gasteiger partial charge in [0.15, 0.2) is 0 Å². The summed E-state index contributed by atoms with van der Waals surface area (Å²) in [6.07, 6.45) is -1.71. The molecule has 2 saturated heterocycles. The van der Waals surface area contributed by atoms with Gasteiger partial charge < -0.3 is 20.0 Å². The number of carbonyl (C=O) groups is 2. The minimum Gasteiger partial charge on any atom is -0.465 e. The maximum absolute atomic E-state index is 13.8. The number of halogens is 3.